The molecule has 1 nitrogen and oxygen atoms in total. The molecule has 0 aromatic rings. The standard InChI is InChI=1S/C9H20O/c1-6-8(7(2)10)9(3,4)5/h7-8,10H,6H2,1-5H3/t7-,8+/m0/s1. The summed E-state index contributed by atoms with van der Waals surface area (Å²) in [5.41, 5.74) is 0.239. The van der Waals surface area contributed by atoms with Gasteiger partial charge in [0.1, 0.15) is 0 Å². The highest BCUT2D eigenvalue weighted by Crippen LogP contribution is 2.30. The van der Waals surface area contributed by atoms with Crippen molar-refractivity contribution in [3.05, 3.63) is 0 Å². The number of hydrogen-bond donors (Lipinski definition) is 1. The zero-order valence-corrected chi connectivity index (χ0v) is 7.81. The molecule has 1 N–H and O–H groups in total. The van der Waals surface area contributed by atoms with E-state index in [0.717, 1.165) is 6.42 Å². The zero-order valence-electron chi connectivity index (χ0n) is 7.81. The lowest BCUT2D eigenvalue weighted by molar-refractivity contribution is 0.0538. The summed E-state index contributed by atoms with van der Waals surface area (Å²) in [5, 5.41) is 9.35. The van der Waals surface area contributed by atoms with Crippen LogP contribution in [0.25, 0.3) is 0 Å². The maximum Gasteiger partial charge on any atom is 0.0545 e. The summed E-state index contributed by atoms with van der Waals surface area (Å²) in [6.45, 7) is 10.5. The summed E-state index contributed by atoms with van der Waals surface area (Å²) in [7, 11) is 0. The Morgan fingerprint density at radius 1 is 1.30 bits per heavy atom. The van der Waals surface area contributed by atoms with Crippen LogP contribution in [-0.2, 0) is 0 Å². The first kappa shape index (κ1) is 9.96. The molecule has 0 bridgehead atoms. The van der Waals surface area contributed by atoms with Crippen molar-refractivity contribution in [2.75, 3.05) is 0 Å². The van der Waals surface area contributed by atoms with Crippen LogP contribution < -0.4 is 0 Å². The minimum atomic E-state index is -0.176. The van der Waals surface area contributed by atoms with E-state index in [1.165, 1.54) is 0 Å². The van der Waals surface area contributed by atoms with Crippen molar-refractivity contribution in [3.63, 3.8) is 0 Å². The maximum absolute atomic E-state index is 9.35. The molecule has 0 spiro atoms. The van der Waals surface area contributed by atoms with E-state index in [-0.39, 0.29) is 11.5 Å². The highest BCUT2D eigenvalue weighted by Gasteiger charge is 2.26. The summed E-state index contributed by atoms with van der Waals surface area (Å²) < 4.78 is 0. The summed E-state index contributed by atoms with van der Waals surface area (Å²) in [5.74, 6) is 0.424. The Kier molecular flexibility index (Phi) is 3.37. The molecule has 1 heteroatoms. The van der Waals surface area contributed by atoms with Crippen LogP contribution in [0.4, 0.5) is 0 Å². The molecule has 0 heterocycles. The smallest absolute Gasteiger partial charge is 0.0545 e. The first-order valence-electron chi connectivity index (χ1n) is 4.07. The quantitative estimate of drug-likeness (QED) is 0.631. The van der Waals surface area contributed by atoms with E-state index >= 15 is 0 Å². The van der Waals surface area contributed by atoms with Crippen LogP contribution in [-0.4, -0.2) is 11.2 Å². The van der Waals surface area contributed by atoms with Gasteiger partial charge in [-0.1, -0.05) is 34.1 Å². The fourth-order valence-electron chi connectivity index (χ4n) is 1.68. The van der Waals surface area contributed by atoms with E-state index in [0.29, 0.717) is 5.92 Å². The molecule has 0 rings (SSSR count). The van der Waals surface area contributed by atoms with E-state index in [1.54, 1.807) is 0 Å². The Morgan fingerprint density at radius 3 is 1.70 bits per heavy atom. The van der Waals surface area contributed by atoms with Gasteiger partial charge < -0.3 is 5.11 Å². The molecule has 0 saturated heterocycles. The van der Waals surface area contributed by atoms with Gasteiger partial charge in [0.05, 0.1) is 6.10 Å². The van der Waals surface area contributed by atoms with Gasteiger partial charge in [-0.3, -0.25) is 0 Å². The largest absolute Gasteiger partial charge is 0.393 e. The number of rotatable bonds is 2. The highest BCUT2D eigenvalue weighted by atomic mass is 16.3. The molecule has 0 aliphatic heterocycles. The number of aliphatic hydroxyl groups is 1. The van der Waals surface area contributed by atoms with Crippen molar-refractivity contribution >= 4 is 0 Å². The van der Waals surface area contributed by atoms with Crippen molar-refractivity contribution in [3.8, 4) is 0 Å². The topological polar surface area (TPSA) is 20.2 Å². The van der Waals surface area contributed by atoms with Gasteiger partial charge >= 0.3 is 0 Å². The SMILES string of the molecule is CC[C@H]([C@H](C)O)C(C)(C)C. The van der Waals surface area contributed by atoms with Crippen molar-refractivity contribution in [2.45, 2.75) is 47.1 Å². The van der Waals surface area contributed by atoms with Gasteiger partial charge in [0.15, 0.2) is 0 Å². The second kappa shape index (κ2) is 3.38. The molecule has 0 saturated carbocycles. The van der Waals surface area contributed by atoms with Crippen LogP contribution in [0.1, 0.15) is 41.0 Å². The van der Waals surface area contributed by atoms with Gasteiger partial charge in [-0.05, 0) is 18.3 Å². The first-order valence-corrected chi connectivity index (χ1v) is 4.07. The fraction of sp³-hybridized carbons (Fsp3) is 1.00. The fourth-order valence-corrected chi connectivity index (χ4v) is 1.68. The lowest BCUT2D eigenvalue weighted by Crippen LogP contribution is -2.29. The lowest BCUT2D eigenvalue weighted by atomic mass is 9.76. The average Bonchev–Trinajstić information content (AvgIpc) is 1.60. The van der Waals surface area contributed by atoms with Crippen molar-refractivity contribution < 1.29 is 5.11 Å². The van der Waals surface area contributed by atoms with Crippen LogP contribution in [0.2, 0.25) is 0 Å². The molecule has 0 aliphatic carbocycles. The van der Waals surface area contributed by atoms with Crippen LogP contribution in [0, 0.1) is 11.3 Å². The zero-order chi connectivity index (χ0) is 8.36. The molecular weight excluding hydrogens is 124 g/mol. The van der Waals surface area contributed by atoms with Gasteiger partial charge in [0.2, 0.25) is 0 Å². The second-order valence-corrected chi connectivity index (χ2v) is 4.12. The Labute approximate surface area is 64.5 Å². The summed E-state index contributed by atoms with van der Waals surface area (Å²) in [4.78, 5) is 0. The second-order valence-electron chi connectivity index (χ2n) is 4.12. The molecule has 0 amide bonds. The minimum Gasteiger partial charge on any atom is -0.393 e. The predicted octanol–water partition coefficient (Wildman–Crippen LogP) is 2.44. The van der Waals surface area contributed by atoms with Crippen LogP contribution in [0.3, 0.4) is 0 Å². The molecule has 0 aliphatic rings. The number of aliphatic hydroxyl groups excluding tert-OH is 1. The highest BCUT2D eigenvalue weighted by molar-refractivity contribution is 4.76. The molecule has 0 aromatic heterocycles. The third-order valence-corrected chi connectivity index (χ3v) is 2.13. The van der Waals surface area contributed by atoms with Crippen LogP contribution >= 0.6 is 0 Å². The van der Waals surface area contributed by atoms with E-state index < -0.39 is 0 Å². The summed E-state index contributed by atoms with van der Waals surface area (Å²) >= 11 is 0. The molecule has 0 radical (unpaired) electrons. The minimum absolute atomic E-state index is 0.176. The molecule has 0 fully saturated rings. The molecule has 2 atom stereocenters. The monoisotopic (exact) mass is 144 g/mol. The molecular formula is C9H20O. The molecule has 62 valence electrons. The molecule has 10 heavy (non-hydrogen) atoms. The molecule has 0 aromatic carbocycles. The van der Waals surface area contributed by atoms with Gasteiger partial charge in [-0.2, -0.15) is 0 Å². The summed E-state index contributed by atoms with van der Waals surface area (Å²) in [6, 6.07) is 0. The van der Waals surface area contributed by atoms with Gasteiger partial charge in [0, 0.05) is 0 Å². The third kappa shape index (κ3) is 2.70. The van der Waals surface area contributed by atoms with Gasteiger partial charge in [-0.25, -0.2) is 0 Å². The van der Waals surface area contributed by atoms with Crippen molar-refractivity contribution in [1.29, 1.82) is 0 Å². The van der Waals surface area contributed by atoms with E-state index in [1.807, 2.05) is 6.92 Å². The Balaban J connectivity index is 4.07. The van der Waals surface area contributed by atoms with Crippen molar-refractivity contribution in [1.82, 2.24) is 0 Å². The van der Waals surface area contributed by atoms with Gasteiger partial charge in [-0.15, -0.1) is 0 Å². The van der Waals surface area contributed by atoms with E-state index in [2.05, 4.69) is 27.7 Å². The van der Waals surface area contributed by atoms with E-state index in [4.69, 9.17) is 0 Å². The third-order valence-electron chi connectivity index (χ3n) is 2.13. The van der Waals surface area contributed by atoms with Crippen molar-refractivity contribution in [2.24, 2.45) is 11.3 Å². The first-order chi connectivity index (χ1) is 4.39. The van der Waals surface area contributed by atoms with Crippen LogP contribution in [0.5, 0.6) is 0 Å². The maximum atomic E-state index is 9.35. The Bertz CT molecular complexity index is 89.4. The van der Waals surface area contributed by atoms with Gasteiger partial charge in [0.25, 0.3) is 0 Å². The normalized spacial score (nSPS) is 18.6. The predicted molar refractivity (Wildman–Crippen MR) is 44.9 cm³/mol. The molecule has 0 unspecified atom stereocenters. The number of hydrogen-bond acceptors (Lipinski definition) is 1. The van der Waals surface area contributed by atoms with E-state index in [9.17, 15) is 5.11 Å². The Hall–Kier alpha value is -0.0400. The van der Waals surface area contributed by atoms with Crippen LogP contribution in [0.15, 0.2) is 0 Å². The summed E-state index contributed by atoms with van der Waals surface area (Å²) in [6.07, 6.45) is 0.881. The Morgan fingerprint density at radius 2 is 1.70 bits per heavy atom. The lowest BCUT2D eigenvalue weighted by Gasteiger charge is -2.31. The average molecular weight is 144 g/mol.